The number of likely N-dealkylation sites (N-methyl/N-ethyl adjacent to an activating group) is 1. The molecule has 3 aliphatic heterocycles. The number of piperidine rings is 1. The third-order valence-electron chi connectivity index (χ3n) is 6.32. The zero-order valence-electron chi connectivity index (χ0n) is 17.4. The number of ether oxygens (including phenoxy) is 1. The van der Waals surface area contributed by atoms with E-state index < -0.39 is 6.10 Å². The van der Waals surface area contributed by atoms with Gasteiger partial charge in [0.05, 0.1) is 6.04 Å². The van der Waals surface area contributed by atoms with Crippen molar-refractivity contribution in [2.24, 2.45) is 0 Å². The van der Waals surface area contributed by atoms with E-state index in [0.29, 0.717) is 17.9 Å². The molecule has 3 heterocycles. The first-order valence-electron chi connectivity index (χ1n) is 10.8. The van der Waals surface area contributed by atoms with E-state index in [2.05, 4.69) is 15.5 Å². The highest BCUT2D eigenvalue weighted by Gasteiger charge is 2.36. The average Bonchev–Trinajstić information content (AvgIpc) is 3.40. The minimum Gasteiger partial charge on any atom is -0.368 e. The lowest BCUT2D eigenvalue weighted by Crippen LogP contribution is -2.50. The van der Waals surface area contributed by atoms with Gasteiger partial charge >= 0.3 is 0 Å². The molecule has 1 aromatic carbocycles. The number of carbonyl (C=O) groups is 3. The number of anilines is 1. The Hall–Kier alpha value is -2.45. The molecule has 0 saturated carbocycles. The molecule has 0 aliphatic carbocycles. The van der Waals surface area contributed by atoms with Crippen molar-refractivity contribution in [1.82, 2.24) is 15.1 Å². The predicted molar refractivity (Wildman–Crippen MR) is 112 cm³/mol. The van der Waals surface area contributed by atoms with Crippen molar-refractivity contribution in [1.29, 1.82) is 0 Å². The third kappa shape index (κ3) is 4.65. The number of likely N-dealkylation sites (tertiary alicyclic amines) is 2. The molecule has 4 rings (SSSR count). The molecule has 1 aromatic rings. The number of rotatable bonds is 5. The first kappa shape index (κ1) is 20.8. The Morgan fingerprint density at radius 2 is 1.90 bits per heavy atom. The Morgan fingerprint density at radius 3 is 2.57 bits per heavy atom. The van der Waals surface area contributed by atoms with E-state index in [-0.39, 0.29) is 29.8 Å². The molecule has 0 spiro atoms. The second-order valence-electron chi connectivity index (χ2n) is 8.42. The fourth-order valence-corrected chi connectivity index (χ4v) is 4.51. The summed E-state index contributed by atoms with van der Waals surface area (Å²) in [5.41, 5.74) is 1.12. The number of carbonyl (C=O) groups excluding carboxylic acids is 3. The maximum Gasteiger partial charge on any atom is 0.253 e. The van der Waals surface area contributed by atoms with Crippen molar-refractivity contribution in [2.45, 2.75) is 50.3 Å². The van der Waals surface area contributed by atoms with E-state index in [0.717, 1.165) is 51.7 Å². The van der Waals surface area contributed by atoms with E-state index in [1.54, 1.807) is 29.2 Å². The van der Waals surface area contributed by atoms with E-state index in [1.807, 2.05) is 7.05 Å². The van der Waals surface area contributed by atoms with Crippen molar-refractivity contribution >= 4 is 23.4 Å². The Bertz CT molecular complexity index is 800. The SMILES string of the molecule is CN1CC[C@@H](N2CCC(NC(=O)c3cccc(NC(=O)[C@H]4CCCO4)c3)CC2)C1=O. The van der Waals surface area contributed by atoms with Crippen molar-refractivity contribution in [3.63, 3.8) is 0 Å². The molecule has 3 aliphatic rings. The van der Waals surface area contributed by atoms with Crippen LogP contribution < -0.4 is 10.6 Å². The standard InChI is InChI=1S/C22H30N4O4/c1-25-10-9-18(22(25)29)26-11-7-16(8-12-26)23-20(27)15-4-2-5-17(14-15)24-21(28)19-6-3-13-30-19/h2,4-5,14,16,18-19H,3,6-13H2,1H3,(H,23,27)(H,24,28)/t18-,19-/m1/s1. The minimum atomic E-state index is -0.404. The van der Waals surface area contributed by atoms with Gasteiger partial charge in [0.15, 0.2) is 0 Å². The van der Waals surface area contributed by atoms with Crippen LogP contribution in [0.2, 0.25) is 0 Å². The second kappa shape index (κ2) is 9.14. The van der Waals surface area contributed by atoms with Gasteiger partial charge in [-0.3, -0.25) is 19.3 Å². The Morgan fingerprint density at radius 1 is 1.10 bits per heavy atom. The molecule has 0 radical (unpaired) electrons. The fourth-order valence-electron chi connectivity index (χ4n) is 4.51. The van der Waals surface area contributed by atoms with Crippen LogP contribution in [-0.4, -0.2) is 79.0 Å². The zero-order chi connectivity index (χ0) is 21.1. The average molecular weight is 415 g/mol. The second-order valence-corrected chi connectivity index (χ2v) is 8.42. The van der Waals surface area contributed by atoms with Crippen LogP contribution in [0.15, 0.2) is 24.3 Å². The summed E-state index contributed by atoms with van der Waals surface area (Å²) in [4.78, 5) is 41.2. The molecular weight excluding hydrogens is 384 g/mol. The number of amides is 3. The Balaban J connectivity index is 1.28. The van der Waals surface area contributed by atoms with Crippen molar-refractivity contribution in [2.75, 3.05) is 38.6 Å². The van der Waals surface area contributed by atoms with Crippen molar-refractivity contribution < 1.29 is 19.1 Å². The summed E-state index contributed by atoms with van der Waals surface area (Å²) in [6.07, 6.45) is 3.76. The van der Waals surface area contributed by atoms with E-state index in [9.17, 15) is 14.4 Å². The minimum absolute atomic E-state index is 0.00390. The lowest BCUT2D eigenvalue weighted by molar-refractivity contribution is -0.131. The van der Waals surface area contributed by atoms with Crippen LogP contribution in [0.25, 0.3) is 0 Å². The highest BCUT2D eigenvalue weighted by molar-refractivity contribution is 5.98. The summed E-state index contributed by atoms with van der Waals surface area (Å²) in [5, 5.41) is 5.94. The molecular formula is C22H30N4O4. The van der Waals surface area contributed by atoms with Crippen LogP contribution in [0.1, 0.15) is 42.5 Å². The van der Waals surface area contributed by atoms with E-state index in [4.69, 9.17) is 4.74 Å². The number of benzene rings is 1. The third-order valence-corrected chi connectivity index (χ3v) is 6.32. The van der Waals surface area contributed by atoms with Gasteiger partial charge in [-0.05, 0) is 50.3 Å². The van der Waals surface area contributed by atoms with Crippen LogP contribution in [-0.2, 0) is 14.3 Å². The van der Waals surface area contributed by atoms with Gasteiger partial charge in [-0.15, -0.1) is 0 Å². The van der Waals surface area contributed by atoms with E-state index in [1.165, 1.54) is 0 Å². The number of hydrogen-bond acceptors (Lipinski definition) is 5. The van der Waals surface area contributed by atoms with Crippen LogP contribution in [0, 0.1) is 0 Å². The van der Waals surface area contributed by atoms with E-state index >= 15 is 0 Å². The van der Waals surface area contributed by atoms with Gasteiger partial charge in [-0.2, -0.15) is 0 Å². The van der Waals surface area contributed by atoms with Gasteiger partial charge in [-0.25, -0.2) is 0 Å². The molecule has 162 valence electrons. The fraction of sp³-hybridized carbons (Fsp3) is 0.591. The highest BCUT2D eigenvalue weighted by Crippen LogP contribution is 2.21. The smallest absolute Gasteiger partial charge is 0.253 e. The summed E-state index contributed by atoms with van der Waals surface area (Å²) in [6, 6.07) is 7.08. The Kier molecular flexibility index (Phi) is 6.34. The molecule has 3 fully saturated rings. The summed E-state index contributed by atoms with van der Waals surface area (Å²) >= 11 is 0. The molecule has 2 atom stereocenters. The predicted octanol–water partition coefficient (Wildman–Crippen LogP) is 1.23. The highest BCUT2D eigenvalue weighted by atomic mass is 16.5. The molecule has 0 bridgehead atoms. The molecule has 8 nitrogen and oxygen atoms in total. The summed E-state index contributed by atoms with van der Waals surface area (Å²) < 4.78 is 5.40. The maximum absolute atomic E-state index is 12.7. The zero-order valence-corrected chi connectivity index (χ0v) is 17.4. The first-order chi connectivity index (χ1) is 14.5. The van der Waals surface area contributed by atoms with Crippen molar-refractivity contribution in [3.05, 3.63) is 29.8 Å². The topological polar surface area (TPSA) is 91.0 Å². The lowest BCUT2D eigenvalue weighted by atomic mass is 10.0. The largest absolute Gasteiger partial charge is 0.368 e. The van der Waals surface area contributed by atoms with Crippen LogP contribution in [0.4, 0.5) is 5.69 Å². The van der Waals surface area contributed by atoms with Crippen LogP contribution >= 0.6 is 0 Å². The van der Waals surface area contributed by atoms with Crippen molar-refractivity contribution in [3.8, 4) is 0 Å². The molecule has 0 unspecified atom stereocenters. The molecule has 8 heteroatoms. The quantitative estimate of drug-likeness (QED) is 0.756. The number of nitrogens with zero attached hydrogens (tertiary/aromatic N) is 2. The number of nitrogens with one attached hydrogen (secondary N) is 2. The van der Waals surface area contributed by atoms with Gasteiger partial charge in [-0.1, -0.05) is 6.07 Å². The van der Waals surface area contributed by atoms with Gasteiger partial charge in [0.2, 0.25) is 5.91 Å². The van der Waals surface area contributed by atoms with Gasteiger partial charge in [0.1, 0.15) is 6.10 Å². The summed E-state index contributed by atoms with van der Waals surface area (Å²) in [5.74, 6) is -0.0952. The molecule has 0 aromatic heterocycles. The normalized spacial score (nSPS) is 25.5. The number of hydrogen-bond donors (Lipinski definition) is 2. The molecule has 3 amide bonds. The monoisotopic (exact) mass is 414 g/mol. The molecule has 30 heavy (non-hydrogen) atoms. The summed E-state index contributed by atoms with van der Waals surface area (Å²) in [6.45, 7) is 3.06. The van der Waals surface area contributed by atoms with Gasteiger partial charge in [0, 0.05) is 50.6 Å². The van der Waals surface area contributed by atoms with Crippen LogP contribution in [0.3, 0.4) is 0 Å². The first-order valence-corrected chi connectivity index (χ1v) is 10.8. The molecule has 3 saturated heterocycles. The van der Waals surface area contributed by atoms with Gasteiger partial charge in [0.25, 0.3) is 11.8 Å². The summed E-state index contributed by atoms with van der Waals surface area (Å²) in [7, 11) is 1.85. The lowest BCUT2D eigenvalue weighted by Gasteiger charge is -2.35. The maximum atomic E-state index is 12.7. The van der Waals surface area contributed by atoms with Crippen LogP contribution in [0.5, 0.6) is 0 Å². The molecule has 2 N–H and O–H groups in total. The van der Waals surface area contributed by atoms with Gasteiger partial charge < -0.3 is 20.3 Å². The Labute approximate surface area is 176 Å².